The summed E-state index contributed by atoms with van der Waals surface area (Å²) in [5.41, 5.74) is 2.67. The Kier molecular flexibility index (Phi) is 5.48. The molecule has 1 aromatic carbocycles. The van der Waals surface area contributed by atoms with E-state index < -0.39 is 0 Å². The highest BCUT2D eigenvalue weighted by Crippen LogP contribution is 2.32. The standard InChI is InChI=1S/C20H18BrN7O2S/c21-14-1-2-16-15(11-14)17(19(29)27(16)12-26-7-9-30-10-8-26)25-28-18(23-24-20(28)31)13-3-5-22-6-4-13/h1-6,11H,7-10,12H2,(H,24,31)/b25-17-. The molecule has 2 aromatic heterocycles. The summed E-state index contributed by atoms with van der Waals surface area (Å²) < 4.78 is 8.09. The molecule has 0 aliphatic carbocycles. The Morgan fingerprint density at radius 1 is 1.19 bits per heavy atom. The number of ether oxygens (including phenoxy) is 1. The van der Waals surface area contributed by atoms with Crippen LogP contribution in [0.4, 0.5) is 5.69 Å². The van der Waals surface area contributed by atoms with Crippen molar-refractivity contribution in [3.8, 4) is 11.4 Å². The van der Waals surface area contributed by atoms with Crippen LogP contribution in [0.3, 0.4) is 0 Å². The van der Waals surface area contributed by atoms with Gasteiger partial charge in [0, 0.05) is 41.1 Å². The molecule has 0 unspecified atom stereocenters. The Morgan fingerprint density at radius 3 is 2.74 bits per heavy atom. The van der Waals surface area contributed by atoms with Crippen molar-refractivity contribution in [2.75, 3.05) is 37.9 Å². The van der Waals surface area contributed by atoms with Gasteiger partial charge in [0.2, 0.25) is 4.77 Å². The van der Waals surface area contributed by atoms with Crippen LogP contribution in [0, 0.1) is 4.77 Å². The number of pyridine rings is 1. The predicted octanol–water partition coefficient (Wildman–Crippen LogP) is 2.65. The monoisotopic (exact) mass is 499 g/mol. The predicted molar refractivity (Wildman–Crippen MR) is 121 cm³/mol. The summed E-state index contributed by atoms with van der Waals surface area (Å²) in [4.78, 5) is 21.5. The van der Waals surface area contributed by atoms with Crippen LogP contribution in [0.5, 0.6) is 0 Å². The number of anilines is 1. The molecule has 2 aliphatic rings. The largest absolute Gasteiger partial charge is 0.379 e. The van der Waals surface area contributed by atoms with Crippen molar-refractivity contribution in [1.82, 2.24) is 24.8 Å². The van der Waals surface area contributed by atoms with E-state index in [4.69, 9.17) is 17.0 Å². The summed E-state index contributed by atoms with van der Waals surface area (Å²) in [5.74, 6) is 0.333. The zero-order chi connectivity index (χ0) is 21.4. The number of aromatic amines is 1. The third-order valence-corrected chi connectivity index (χ3v) is 5.94. The van der Waals surface area contributed by atoms with E-state index >= 15 is 0 Å². The number of morpholine rings is 1. The van der Waals surface area contributed by atoms with Crippen LogP contribution in [0.15, 0.2) is 52.3 Å². The Morgan fingerprint density at radius 2 is 1.97 bits per heavy atom. The maximum atomic E-state index is 13.5. The first-order valence-electron chi connectivity index (χ1n) is 9.70. The molecule has 2 aliphatic heterocycles. The topological polar surface area (TPSA) is 91.6 Å². The van der Waals surface area contributed by atoms with E-state index in [9.17, 15) is 4.79 Å². The van der Waals surface area contributed by atoms with Crippen molar-refractivity contribution >= 4 is 45.5 Å². The van der Waals surface area contributed by atoms with Gasteiger partial charge < -0.3 is 4.74 Å². The van der Waals surface area contributed by atoms with Crippen LogP contribution in [-0.4, -0.2) is 69.3 Å². The van der Waals surface area contributed by atoms with Gasteiger partial charge in [-0.15, -0.1) is 0 Å². The Balaban J connectivity index is 1.58. The van der Waals surface area contributed by atoms with Crippen LogP contribution in [0.2, 0.25) is 0 Å². The van der Waals surface area contributed by atoms with Crippen molar-refractivity contribution in [3.63, 3.8) is 0 Å². The molecule has 11 heteroatoms. The maximum absolute atomic E-state index is 13.5. The summed E-state index contributed by atoms with van der Waals surface area (Å²) in [5, 5.41) is 11.7. The number of nitrogens with one attached hydrogen (secondary N) is 1. The quantitative estimate of drug-likeness (QED) is 0.554. The Labute approximate surface area is 191 Å². The number of carbonyl (C=O) groups excluding carboxylic acids is 1. The second kappa shape index (κ2) is 8.42. The molecule has 3 aromatic rings. The Bertz CT molecular complexity index is 1220. The molecule has 0 atom stereocenters. The van der Waals surface area contributed by atoms with Crippen molar-refractivity contribution in [3.05, 3.63) is 57.5 Å². The molecular formula is C20H18BrN7O2S. The molecule has 158 valence electrons. The number of carbonyl (C=O) groups is 1. The fourth-order valence-corrected chi connectivity index (χ4v) is 4.17. The lowest BCUT2D eigenvalue weighted by Crippen LogP contribution is -2.46. The summed E-state index contributed by atoms with van der Waals surface area (Å²) in [6, 6.07) is 9.38. The molecule has 1 amide bonds. The summed E-state index contributed by atoms with van der Waals surface area (Å²) in [7, 11) is 0. The number of fused-ring (bicyclic) bond motifs is 1. The van der Waals surface area contributed by atoms with Crippen molar-refractivity contribution in [1.29, 1.82) is 0 Å². The molecule has 31 heavy (non-hydrogen) atoms. The van der Waals surface area contributed by atoms with Gasteiger partial charge in [0.1, 0.15) is 0 Å². The van der Waals surface area contributed by atoms with Crippen LogP contribution in [0.25, 0.3) is 11.4 Å². The minimum atomic E-state index is -0.177. The number of aromatic nitrogens is 4. The second-order valence-electron chi connectivity index (χ2n) is 7.12. The molecular weight excluding hydrogens is 482 g/mol. The number of nitrogens with zero attached hydrogens (tertiary/aromatic N) is 6. The molecule has 1 fully saturated rings. The molecule has 9 nitrogen and oxygen atoms in total. The third kappa shape index (κ3) is 3.85. The van der Waals surface area contributed by atoms with Crippen molar-refractivity contribution in [2.24, 2.45) is 5.10 Å². The van der Waals surface area contributed by atoms with Crippen molar-refractivity contribution in [2.45, 2.75) is 0 Å². The average molecular weight is 500 g/mol. The van der Waals surface area contributed by atoms with Crippen molar-refractivity contribution < 1.29 is 9.53 Å². The van der Waals surface area contributed by atoms with Crippen LogP contribution < -0.4 is 4.90 Å². The van der Waals surface area contributed by atoms with E-state index in [2.05, 4.69) is 41.1 Å². The minimum Gasteiger partial charge on any atom is -0.379 e. The highest BCUT2D eigenvalue weighted by atomic mass is 79.9. The van der Waals surface area contributed by atoms with E-state index in [1.165, 1.54) is 4.68 Å². The lowest BCUT2D eigenvalue weighted by atomic mass is 10.1. The number of benzene rings is 1. The van der Waals surface area contributed by atoms with E-state index in [0.717, 1.165) is 34.4 Å². The van der Waals surface area contributed by atoms with Crippen LogP contribution >= 0.6 is 28.1 Å². The smallest absolute Gasteiger partial charge is 0.280 e. The molecule has 5 rings (SSSR count). The number of amides is 1. The SMILES string of the molecule is O=C1/C(=N\n2c(-c3ccncc3)n[nH]c2=S)c2cc(Br)ccc2N1CN1CCOCC1. The number of halogens is 1. The fraction of sp³-hybridized carbons (Fsp3) is 0.250. The third-order valence-electron chi connectivity index (χ3n) is 5.19. The van der Waals surface area contributed by atoms with E-state index in [0.29, 0.717) is 36.2 Å². The molecule has 0 bridgehead atoms. The summed E-state index contributed by atoms with van der Waals surface area (Å²) in [6.07, 6.45) is 3.34. The number of rotatable bonds is 4. The first kappa shape index (κ1) is 20.2. The number of hydrogen-bond donors (Lipinski definition) is 1. The van der Waals surface area contributed by atoms with Crippen LogP contribution in [0.1, 0.15) is 5.56 Å². The molecule has 1 saturated heterocycles. The molecule has 4 heterocycles. The summed E-state index contributed by atoms with van der Waals surface area (Å²) in [6.45, 7) is 3.36. The minimum absolute atomic E-state index is 0.177. The Hall–Kier alpha value is -2.73. The van der Waals surface area contributed by atoms with Crippen LogP contribution in [-0.2, 0) is 9.53 Å². The van der Waals surface area contributed by atoms with Gasteiger partial charge in [-0.25, -0.2) is 5.10 Å². The fourth-order valence-electron chi connectivity index (χ4n) is 3.64. The molecule has 0 radical (unpaired) electrons. The van der Waals surface area contributed by atoms with Gasteiger partial charge >= 0.3 is 0 Å². The lowest BCUT2D eigenvalue weighted by molar-refractivity contribution is -0.112. The maximum Gasteiger partial charge on any atom is 0.280 e. The normalized spacial score (nSPS) is 18.0. The van der Waals surface area contributed by atoms with E-state index in [1.54, 1.807) is 17.3 Å². The molecule has 1 N–H and O–H groups in total. The highest BCUT2D eigenvalue weighted by Gasteiger charge is 2.36. The van der Waals surface area contributed by atoms with Gasteiger partial charge in [0.05, 0.1) is 25.6 Å². The van der Waals surface area contributed by atoms with E-state index in [-0.39, 0.29) is 5.91 Å². The second-order valence-corrected chi connectivity index (χ2v) is 8.42. The van der Waals surface area contributed by atoms with Gasteiger partial charge in [-0.05, 0) is 42.5 Å². The average Bonchev–Trinajstić information content (AvgIpc) is 3.28. The first-order valence-corrected chi connectivity index (χ1v) is 10.9. The number of H-pyrrole nitrogens is 1. The highest BCUT2D eigenvalue weighted by molar-refractivity contribution is 9.10. The van der Waals surface area contributed by atoms with E-state index in [1.807, 2.05) is 30.3 Å². The van der Waals surface area contributed by atoms with Gasteiger partial charge in [-0.2, -0.15) is 14.9 Å². The van der Waals surface area contributed by atoms with Gasteiger partial charge in [-0.3, -0.25) is 19.6 Å². The first-order chi connectivity index (χ1) is 15.1. The zero-order valence-corrected chi connectivity index (χ0v) is 18.8. The molecule has 0 spiro atoms. The van der Waals surface area contributed by atoms with Gasteiger partial charge in [0.15, 0.2) is 11.5 Å². The van der Waals surface area contributed by atoms with Gasteiger partial charge in [-0.1, -0.05) is 15.9 Å². The summed E-state index contributed by atoms with van der Waals surface area (Å²) >= 11 is 8.91. The van der Waals surface area contributed by atoms with Gasteiger partial charge in [0.25, 0.3) is 5.91 Å². The zero-order valence-electron chi connectivity index (χ0n) is 16.4. The molecule has 0 saturated carbocycles. The number of hydrogen-bond acceptors (Lipinski definition) is 7. The lowest BCUT2D eigenvalue weighted by Gasteiger charge is -2.30.